The zero-order valence-corrected chi connectivity index (χ0v) is 21.1. The summed E-state index contributed by atoms with van der Waals surface area (Å²) in [6.07, 6.45) is 0.0483. The fourth-order valence-corrected chi connectivity index (χ4v) is 3.58. The van der Waals surface area contributed by atoms with Gasteiger partial charge in [0.25, 0.3) is 5.91 Å². The van der Waals surface area contributed by atoms with Crippen molar-refractivity contribution in [1.29, 1.82) is 0 Å². The van der Waals surface area contributed by atoms with Gasteiger partial charge in [-0.3, -0.25) is 9.59 Å². The van der Waals surface area contributed by atoms with E-state index in [1.165, 1.54) is 0 Å². The molecule has 1 aromatic carbocycles. The molecule has 0 radical (unpaired) electrons. The summed E-state index contributed by atoms with van der Waals surface area (Å²) in [4.78, 5) is 40.5. The van der Waals surface area contributed by atoms with E-state index in [1.807, 2.05) is 19.1 Å². The van der Waals surface area contributed by atoms with Gasteiger partial charge in [0.2, 0.25) is 5.91 Å². The van der Waals surface area contributed by atoms with E-state index in [0.29, 0.717) is 32.6 Å². The van der Waals surface area contributed by atoms with Crippen LogP contribution < -0.4 is 10.1 Å². The van der Waals surface area contributed by atoms with Gasteiger partial charge < -0.3 is 24.6 Å². The average molecular weight is 462 g/mol. The number of rotatable bonds is 5. The standard InChI is InChI=1S/C25H39N3O5/c1-18-9-10-20(19(15-18)24(2,3)4)32-17-22(30)28-12-8-11-27(13-14-28)21(29)16-26-23(31)33-25(5,6)7/h9-10,15H,8,11-14,16-17H2,1-7H3,(H,26,31). The van der Waals surface area contributed by atoms with Gasteiger partial charge in [0, 0.05) is 26.2 Å². The monoisotopic (exact) mass is 461 g/mol. The number of aryl methyl sites for hydroxylation is 1. The zero-order valence-electron chi connectivity index (χ0n) is 21.1. The average Bonchev–Trinajstić information content (AvgIpc) is 2.95. The molecule has 1 aliphatic rings. The number of carbonyl (C=O) groups is 3. The van der Waals surface area contributed by atoms with Crippen LogP contribution in [0.3, 0.4) is 0 Å². The molecule has 2 rings (SSSR count). The minimum Gasteiger partial charge on any atom is -0.483 e. The maximum atomic E-state index is 12.8. The smallest absolute Gasteiger partial charge is 0.408 e. The molecule has 1 aliphatic heterocycles. The van der Waals surface area contributed by atoms with Crippen LogP contribution in [0.15, 0.2) is 18.2 Å². The number of ether oxygens (including phenoxy) is 2. The minimum atomic E-state index is -0.620. The van der Waals surface area contributed by atoms with Gasteiger partial charge in [0.05, 0.1) is 0 Å². The molecule has 0 atom stereocenters. The summed E-state index contributed by atoms with van der Waals surface area (Å²) >= 11 is 0. The number of carbonyl (C=O) groups excluding carboxylic acids is 3. The lowest BCUT2D eigenvalue weighted by Gasteiger charge is -2.25. The van der Waals surface area contributed by atoms with Crippen LogP contribution in [0, 0.1) is 6.92 Å². The molecular weight excluding hydrogens is 422 g/mol. The third-order valence-corrected chi connectivity index (χ3v) is 5.28. The van der Waals surface area contributed by atoms with Crippen LogP contribution in [0.25, 0.3) is 0 Å². The molecule has 0 spiro atoms. The van der Waals surface area contributed by atoms with Crippen molar-refractivity contribution in [3.8, 4) is 5.75 Å². The van der Waals surface area contributed by atoms with Crippen LogP contribution in [0.5, 0.6) is 5.75 Å². The molecule has 1 N–H and O–H groups in total. The molecule has 0 unspecified atom stereocenters. The second-order valence-electron chi connectivity index (χ2n) is 10.5. The first-order valence-corrected chi connectivity index (χ1v) is 11.5. The van der Waals surface area contributed by atoms with Gasteiger partial charge >= 0.3 is 6.09 Å². The molecule has 8 nitrogen and oxygen atoms in total. The highest BCUT2D eigenvalue weighted by molar-refractivity contribution is 5.82. The summed E-state index contributed by atoms with van der Waals surface area (Å²) < 4.78 is 11.1. The van der Waals surface area contributed by atoms with Crippen molar-refractivity contribution in [1.82, 2.24) is 15.1 Å². The third-order valence-electron chi connectivity index (χ3n) is 5.28. The first-order valence-electron chi connectivity index (χ1n) is 11.5. The predicted octanol–water partition coefficient (Wildman–Crippen LogP) is 3.26. The normalized spacial score (nSPS) is 15.0. The van der Waals surface area contributed by atoms with E-state index >= 15 is 0 Å². The van der Waals surface area contributed by atoms with Gasteiger partial charge in [0.15, 0.2) is 6.61 Å². The van der Waals surface area contributed by atoms with Crippen LogP contribution in [0.2, 0.25) is 0 Å². The molecule has 3 amide bonds. The number of hydrogen-bond acceptors (Lipinski definition) is 5. The molecular formula is C25H39N3O5. The summed E-state index contributed by atoms with van der Waals surface area (Å²) in [5.74, 6) is 0.429. The van der Waals surface area contributed by atoms with Crippen molar-refractivity contribution in [2.24, 2.45) is 0 Å². The van der Waals surface area contributed by atoms with Crippen molar-refractivity contribution in [2.45, 2.75) is 65.9 Å². The molecule has 33 heavy (non-hydrogen) atoms. The summed E-state index contributed by atoms with van der Waals surface area (Å²) in [5.41, 5.74) is 1.50. The maximum Gasteiger partial charge on any atom is 0.408 e. The number of benzene rings is 1. The third kappa shape index (κ3) is 8.59. The first-order chi connectivity index (χ1) is 15.3. The summed E-state index contributed by atoms with van der Waals surface area (Å²) in [6, 6.07) is 6.00. The Morgan fingerprint density at radius 2 is 1.55 bits per heavy atom. The van der Waals surface area contributed by atoms with Crippen LogP contribution in [-0.2, 0) is 19.7 Å². The predicted molar refractivity (Wildman–Crippen MR) is 127 cm³/mol. The largest absolute Gasteiger partial charge is 0.483 e. The number of nitrogens with zero attached hydrogens (tertiary/aromatic N) is 2. The topological polar surface area (TPSA) is 88.2 Å². The Kier molecular flexibility index (Phi) is 8.75. The Balaban J connectivity index is 1.86. The van der Waals surface area contributed by atoms with Gasteiger partial charge in [-0.05, 0) is 51.2 Å². The van der Waals surface area contributed by atoms with Crippen LogP contribution in [0.4, 0.5) is 4.79 Å². The molecule has 1 fully saturated rings. The van der Waals surface area contributed by atoms with E-state index in [9.17, 15) is 14.4 Å². The lowest BCUT2D eigenvalue weighted by Crippen LogP contribution is -2.44. The van der Waals surface area contributed by atoms with Crippen molar-refractivity contribution < 1.29 is 23.9 Å². The Labute approximate surface area is 197 Å². The lowest BCUT2D eigenvalue weighted by molar-refractivity contribution is -0.134. The quantitative estimate of drug-likeness (QED) is 0.727. The summed E-state index contributed by atoms with van der Waals surface area (Å²) in [5, 5.41) is 2.50. The first kappa shape index (κ1) is 26.5. The summed E-state index contributed by atoms with van der Waals surface area (Å²) in [7, 11) is 0. The van der Waals surface area contributed by atoms with Crippen molar-refractivity contribution in [3.05, 3.63) is 29.3 Å². The fraction of sp³-hybridized carbons (Fsp3) is 0.640. The maximum absolute atomic E-state index is 12.8. The number of hydrogen-bond donors (Lipinski definition) is 1. The highest BCUT2D eigenvalue weighted by atomic mass is 16.6. The minimum absolute atomic E-state index is 0.0414. The molecule has 1 heterocycles. The Hall–Kier alpha value is -2.77. The van der Waals surface area contributed by atoms with Crippen molar-refractivity contribution in [2.75, 3.05) is 39.3 Å². The van der Waals surface area contributed by atoms with Gasteiger partial charge in [-0.1, -0.05) is 38.5 Å². The Bertz CT molecular complexity index is 855. The van der Waals surface area contributed by atoms with E-state index in [1.54, 1.807) is 30.6 Å². The van der Waals surface area contributed by atoms with Crippen LogP contribution in [0.1, 0.15) is 59.1 Å². The molecule has 184 valence electrons. The van der Waals surface area contributed by atoms with Crippen molar-refractivity contribution >= 4 is 17.9 Å². The highest BCUT2D eigenvalue weighted by Crippen LogP contribution is 2.32. The molecule has 8 heteroatoms. The second kappa shape index (κ2) is 10.9. The molecule has 1 aromatic rings. The highest BCUT2D eigenvalue weighted by Gasteiger charge is 2.25. The lowest BCUT2D eigenvalue weighted by atomic mass is 9.85. The van der Waals surface area contributed by atoms with E-state index in [-0.39, 0.29) is 30.4 Å². The molecule has 1 saturated heterocycles. The van der Waals surface area contributed by atoms with Gasteiger partial charge in [-0.2, -0.15) is 0 Å². The Morgan fingerprint density at radius 1 is 0.939 bits per heavy atom. The second-order valence-corrected chi connectivity index (χ2v) is 10.5. The van der Waals surface area contributed by atoms with Crippen molar-refractivity contribution in [3.63, 3.8) is 0 Å². The van der Waals surface area contributed by atoms with E-state index in [4.69, 9.17) is 9.47 Å². The van der Waals surface area contributed by atoms with E-state index in [2.05, 4.69) is 32.2 Å². The number of nitrogens with one attached hydrogen (secondary N) is 1. The van der Waals surface area contributed by atoms with E-state index in [0.717, 1.165) is 16.9 Å². The number of alkyl carbamates (subject to hydrolysis) is 1. The zero-order chi connectivity index (χ0) is 24.8. The summed E-state index contributed by atoms with van der Waals surface area (Å²) in [6.45, 7) is 15.5. The molecule has 0 bridgehead atoms. The molecule has 0 saturated carbocycles. The number of amides is 3. The Morgan fingerprint density at radius 3 is 2.12 bits per heavy atom. The SMILES string of the molecule is Cc1ccc(OCC(=O)N2CCCN(C(=O)CNC(=O)OC(C)(C)C)CC2)c(C(C)(C)C)c1. The van der Waals surface area contributed by atoms with Crippen LogP contribution >= 0.6 is 0 Å². The van der Waals surface area contributed by atoms with E-state index < -0.39 is 11.7 Å². The van der Waals surface area contributed by atoms with Gasteiger partial charge in [-0.15, -0.1) is 0 Å². The fourth-order valence-electron chi connectivity index (χ4n) is 3.58. The van der Waals surface area contributed by atoms with Gasteiger partial charge in [0.1, 0.15) is 17.9 Å². The molecule has 0 aliphatic carbocycles. The molecule has 0 aromatic heterocycles. The van der Waals surface area contributed by atoms with Gasteiger partial charge in [-0.25, -0.2) is 4.79 Å². The van der Waals surface area contributed by atoms with Crippen LogP contribution in [-0.4, -0.2) is 72.6 Å².